The topological polar surface area (TPSA) is 44.4 Å². The van der Waals surface area contributed by atoms with Crippen molar-refractivity contribution in [2.24, 2.45) is 0 Å². The first kappa shape index (κ1) is 12.0. The predicted octanol–water partition coefficient (Wildman–Crippen LogP) is 1.96. The molecule has 2 N–H and O–H groups in total. The summed E-state index contributed by atoms with van der Waals surface area (Å²) in [6, 6.07) is 6.44. The van der Waals surface area contributed by atoms with E-state index in [2.05, 4.69) is 26.6 Å². The molecule has 0 radical (unpaired) electrons. The summed E-state index contributed by atoms with van der Waals surface area (Å²) < 4.78 is 1.03. The number of nitrogens with one attached hydrogen (secondary N) is 2. The van der Waals surface area contributed by atoms with E-state index in [0.29, 0.717) is 12.6 Å². The molecule has 1 saturated heterocycles. The molecule has 1 atom stereocenters. The molecule has 18 heavy (non-hydrogen) atoms. The van der Waals surface area contributed by atoms with Gasteiger partial charge < -0.3 is 15.5 Å². The maximum Gasteiger partial charge on any atom is 0.246 e. The number of amides is 1. The van der Waals surface area contributed by atoms with Gasteiger partial charge in [-0.25, -0.2) is 0 Å². The Balaban J connectivity index is 1.86. The van der Waals surface area contributed by atoms with E-state index in [1.807, 2.05) is 23.1 Å². The Hall–Kier alpha value is -1.07. The fourth-order valence-electron chi connectivity index (χ4n) is 2.62. The molecule has 2 aliphatic heterocycles. The van der Waals surface area contributed by atoms with Crippen molar-refractivity contribution in [3.63, 3.8) is 0 Å². The highest BCUT2D eigenvalue weighted by Crippen LogP contribution is 2.32. The summed E-state index contributed by atoms with van der Waals surface area (Å²) in [6.07, 6.45) is 2.36. The molecule has 0 aromatic heterocycles. The van der Waals surface area contributed by atoms with Crippen molar-refractivity contribution in [2.75, 3.05) is 29.9 Å². The van der Waals surface area contributed by atoms with Crippen LogP contribution in [0.5, 0.6) is 0 Å². The number of fused-ring (bicyclic) bond motifs is 1. The lowest BCUT2D eigenvalue weighted by atomic mass is 10.1. The molecule has 2 heterocycles. The van der Waals surface area contributed by atoms with Gasteiger partial charge in [0.25, 0.3) is 0 Å². The lowest BCUT2D eigenvalue weighted by molar-refractivity contribution is -0.117. The maximum atomic E-state index is 12.1. The highest BCUT2D eigenvalue weighted by molar-refractivity contribution is 9.10. The van der Waals surface area contributed by atoms with Crippen LogP contribution < -0.4 is 15.5 Å². The van der Waals surface area contributed by atoms with Gasteiger partial charge in [0.15, 0.2) is 0 Å². The zero-order chi connectivity index (χ0) is 12.5. The molecule has 1 fully saturated rings. The van der Waals surface area contributed by atoms with Crippen LogP contribution in [0.4, 0.5) is 11.4 Å². The number of benzene rings is 1. The maximum absolute atomic E-state index is 12.1. The monoisotopic (exact) mass is 309 g/mol. The molecule has 4 nitrogen and oxygen atoms in total. The van der Waals surface area contributed by atoms with E-state index in [4.69, 9.17) is 0 Å². The van der Waals surface area contributed by atoms with Crippen molar-refractivity contribution < 1.29 is 4.79 Å². The van der Waals surface area contributed by atoms with E-state index in [1.54, 1.807) is 0 Å². The molecule has 0 bridgehead atoms. The van der Waals surface area contributed by atoms with E-state index in [0.717, 1.165) is 35.4 Å². The Kier molecular flexibility index (Phi) is 3.26. The second-order valence-electron chi connectivity index (χ2n) is 4.81. The summed E-state index contributed by atoms with van der Waals surface area (Å²) >= 11 is 3.46. The van der Waals surface area contributed by atoms with E-state index in [-0.39, 0.29) is 5.91 Å². The summed E-state index contributed by atoms with van der Waals surface area (Å²) in [5.41, 5.74) is 2.02. The fraction of sp³-hybridized carbons (Fsp3) is 0.462. The standard InChI is InChI=1S/C13H16BrN3O/c14-9-3-4-12-11(6-9)16-7-13(18)17(12)8-10-2-1-5-15-10/h3-4,6,10,15-16H,1-2,5,7-8H2. The SMILES string of the molecule is O=C1CNc2cc(Br)ccc2N1CC1CCCN1. The largest absolute Gasteiger partial charge is 0.374 e. The molecule has 1 aromatic rings. The Morgan fingerprint density at radius 2 is 2.33 bits per heavy atom. The molecule has 0 aliphatic carbocycles. The molecule has 0 saturated carbocycles. The number of carbonyl (C=O) groups is 1. The Morgan fingerprint density at radius 1 is 1.44 bits per heavy atom. The normalized spacial score (nSPS) is 22.8. The first-order valence-corrected chi connectivity index (χ1v) is 7.10. The van der Waals surface area contributed by atoms with Crippen LogP contribution in [0, 0.1) is 0 Å². The first-order chi connectivity index (χ1) is 8.74. The minimum Gasteiger partial charge on any atom is -0.374 e. The van der Waals surface area contributed by atoms with Gasteiger partial charge in [-0.3, -0.25) is 4.79 Å². The summed E-state index contributed by atoms with van der Waals surface area (Å²) in [5, 5.41) is 6.61. The number of nitrogens with zero attached hydrogens (tertiary/aromatic N) is 1. The van der Waals surface area contributed by atoms with Gasteiger partial charge in [-0.05, 0) is 37.6 Å². The number of carbonyl (C=O) groups excluding carboxylic acids is 1. The van der Waals surface area contributed by atoms with Crippen molar-refractivity contribution >= 4 is 33.2 Å². The lowest BCUT2D eigenvalue weighted by Gasteiger charge is -2.32. The van der Waals surface area contributed by atoms with Gasteiger partial charge in [-0.2, -0.15) is 0 Å². The van der Waals surface area contributed by atoms with Gasteiger partial charge in [0.1, 0.15) is 0 Å². The Bertz CT molecular complexity index is 471. The minimum atomic E-state index is 0.151. The van der Waals surface area contributed by atoms with Gasteiger partial charge in [0, 0.05) is 17.1 Å². The van der Waals surface area contributed by atoms with Crippen LogP contribution in [0.25, 0.3) is 0 Å². The van der Waals surface area contributed by atoms with Crippen LogP contribution in [0.2, 0.25) is 0 Å². The van der Waals surface area contributed by atoms with Crippen LogP contribution in [0.15, 0.2) is 22.7 Å². The van der Waals surface area contributed by atoms with Crippen LogP contribution in [0.1, 0.15) is 12.8 Å². The summed E-state index contributed by atoms with van der Waals surface area (Å²) in [5.74, 6) is 0.151. The molecule has 3 rings (SSSR count). The van der Waals surface area contributed by atoms with Crippen molar-refractivity contribution in [2.45, 2.75) is 18.9 Å². The second kappa shape index (κ2) is 4.90. The van der Waals surface area contributed by atoms with E-state index in [9.17, 15) is 4.79 Å². The summed E-state index contributed by atoms with van der Waals surface area (Å²) in [4.78, 5) is 14.0. The number of hydrogen-bond donors (Lipinski definition) is 2. The molecule has 5 heteroatoms. The third-order valence-electron chi connectivity index (χ3n) is 3.55. The molecule has 1 aromatic carbocycles. The van der Waals surface area contributed by atoms with Gasteiger partial charge in [-0.15, -0.1) is 0 Å². The van der Waals surface area contributed by atoms with Crippen LogP contribution in [0.3, 0.4) is 0 Å². The highest BCUT2D eigenvalue weighted by Gasteiger charge is 2.27. The third-order valence-corrected chi connectivity index (χ3v) is 4.04. The van der Waals surface area contributed by atoms with Gasteiger partial charge in [0.05, 0.1) is 17.9 Å². The zero-order valence-corrected chi connectivity index (χ0v) is 11.7. The molecule has 1 unspecified atom stereocenters. The van der Waals surface area contributed by atoms with Crippen molar-refractivity contribution in [3.05, 3.63) is 22.7 Å². The van der Waals surface area contributed by atoms with E-state index in [1.165, 1.54) is 6.42 Å². The molecular weight excluding hydrogens is 294 g/mol. The third kappa shape index (κ3) is 2.24. The molecular formula is C13H16BrN3O. The van der Waals surface area contributed by atoms with Crippen molar-refractivity contribution in [1.82, 2.24) is 5.32 Å². The number of rotatable bonds is 2. The number of anilines is 2. The summed E-state index contributed by atoms with van der Waals surface area (Å²) in [7, 11) is 0. The van der Waals surface area contributed by atoms with Crippen LogP contribution >= 0.6 is 15.9 Å². The number of hydrogen-bond acceptors (Lipinski definition) is 3. The fourth-order valence-corrected chi connectivity index (χ4v) is 2.98. The van der Waals surface area contributed by atoms with E-state index >= 15 is 0 Å². The second-order valence-corrected chi connectivity index (χ2v) is 5.73. The molecule has 1 amide bonds. The predicted molar refractivity (Wildman–Crippen MR) is 76.0 cm³/mol. The van der Waals surface area contributed by atoms with E-state index < -0.39 is 0 Å². The Morgan fingerprint density at radius 3 is 3.11 bits per heavy atom. The quantitative estimate of drug-likeness (QED) is 0.878. The smallest absolute Gasteiger partial charge is 0.246 e. The van der Waals surface area contributed by atoms with Gasteiger partial charge >= 0.3 is 0 Å². The molecule has 96 valence electrons. The lowest BCUT2D eigenvalue weighted by Crippen LogP contribution is -2.46. The van der Waals surface area contributed by atoms with Crippen molar-refractivity contribution in [3.8, 4) is 0 Å². The number of halogens is 1. The van der Waals surface area contributed by atoms with Crippen LogP contribution in [-0.2, 0) is 4.79 Å². The van der Waals surface area contributed by atoms with Gasteiger partial charge in [0.2, 0.25) is 5.91 Å². The van der Waals surface area contributed by atoms with Crippen LogP contribution in [-0.4, -0.2) is 31.6 Å². The van der Waals surface area contributed by atoms with Gasteiger partial charge in [-0.1, -0.05) is 15.9 Å². The first-order valence-electron chi connectivity index (χ1n) is 6.31. The zero-order valence-electron chi connectivity index (χ0n) is 10.1. The average Bonchev–Trinajstić information content (AvgIpc) is 2.86. The minimum absolute atomic E-state index is 0.151. The summed E-state index contributed by atoms with van der Waals surface area (Å²) in [6.45, 7) is 2.23. The molecule has 0 spiro atoms. The molecule has 2 aliphatic rings. The Labute approximate surface area is 115 Å². The van der Waals surface area contributed by atoms with Crippen molar-refractivity contribution in [1.29, 1.82) is 0 Å². The average molecular weight is 310 g/mol. The highest BCUT2D eigenvalue weighted by atomic mass is 79.9.